The highest BCUT2D eigenvalue weighted by Crippen LogP contribution is 2.12. The standard InChI is InChI=1S/C6H13NO5S2/c8-2-4-14(11,12)7-6-1-3-13(9,10)5-6/h6-8H,1-5H2. The summed E-state index contributed by atoms with van der Waals surface area (Å²) in [7, 11) is -6.60. The van der Waals surface area contributed by atoms with Gasteiger partial charge < -0.3 is 5.11 Å². The van der Waals surface area contributed by atoms with Gasteiger partial charge in [0.2, 0.25) is 10.0 Å². The van der Waals surface area contributed by atoms with Crippen molar-refractivity contribution in [3.8, 4) is 0 Å². The summed E-state index contributed by atoms with van der Waals surface area (Å²) in [5, 5.41) is 8.44. The molecule has 0 bridgehead atoms. The largest absolute Gasteiger partial charge is 0.395 e. The summed E-state index contributed by atoms with van der Waals surface area (Å²) in [6.07, 6.45) is 0.312. The molecule has 2 N–H and O–H groups in total. The molecule has 1 unspecified atom stereocenters. The minimum absolute atomic E-state index is 0.0271. The smallest absolute Gasteiger partial charge is 0.214 e. The average Bonchev–Trinajstić information content (AvgIpc) is 2.28. The van der Waals surface area contributed by atoms with Crippen LogP contribution in [0.3, 0.4) is 0 Å². The maximum atomic E-state index is 11.1. The lowest BCUT2D eigenvalue weighted by molar-refractivity contribution is 0.319. The quantitative estimate of drug-likeness (QED) is 0.600. The van der Waals surface area contributed by atoms with E-state index < -0.39 is 32.5 Å². The Morgan fingerprint density at radius 3 is 2.50 bits per heavy atom. The summed E-state index contributed by atoms with van der Waals surface area (Å²) in [6.45, 7) is -0.463. The lowest BCUT2D eigenvalue weighted by atomic mass is 10.3. The molecule has 84 valence electrons. The molecule has 1 fully saturated rings. The van der Waals surface area contributed by atoms with Gasteiger partial charge in [-0.3, -0.25) is 0 Å². The zero-order chi connectivity index (χ0) is 10.8. The van der Waals surface area contributed by atoms with E-state index in [1.54, 1.807) is 0 Å². The van der Waals surface area contributed by atoms with E-state index in [9.17, 15) is 16.8 Å². The monoisotopic (exact) mass is 243 g/mol. The van der Waals surface area contributed by atoms with Crippen LogP contribution in [-0.2, 0) is 19.9 Å². The van der Waals surface area contributed by atoms with E-state index in [4.69, 9.17) is 5.11 Å². The number of hydrogen-bond acceptors (Lipinski definition) is 5. The molecule has 1 atom stereocenters. The third kappa shape index (κ3) is 3.52. The van der Waals surface area contributed by atoms with Crippen molar-refractivity contribution in [2.45, 2.75) is 12.5 Å². The highest BCUT2D eigenvalue weighted by molar-refractivity contribution is 7.92. The van der Waals surface area contributed by atoms with Gasteiger partial charge in [-0.25, -0.2) is 21.6 Å². The molecule has 1 aliphatic heterocycles. The van der Waals surface area contributed by atoms with Crippen molar-refractivity contribution >= 4 is 19.9 Å². The molecule has 0 aromatic rings. The Bertz CT molecular complexity index is 384. The first kappa shape index (κ1) is 11.9. The Morgan fingerprint density at radius 1 is 1.43 bits per heavy atom. The molecule has 0 aliphatic carbocycles. The number of sulfone groups is 1. The van der Waals surface area contributed by atoms with Crippen LogP contribution in [0.25, 0.3) is 0 Å². The van der Waals surface area contributed by atoms with Crippen LogP contribution in [0.5, 0.6) is 0 Å². The fraction of sp³-hybridized carbons (Fsp3) is 1.00. The number of aliphatic hydroxyl groups is 1. The number of hydrogen-bond donors (Lipinski definition) is 2. The van der Waals surface area contributed by atoms with Crippen molar-refractivity contribution in [1.29, 1.82) is 0 Å². The topological polar surface area (TPSA) is 101 Å². The third-order valence-electron chi connectivity index (χ3n) is 1.94. The van der Waals surface area contributed by atoms with Crippen molar-refractivity contribution in [3.05, 3.63) is 0 Å². The number of aliphatic hydroxyl groups excluding tert-OH is 1. The van der Waals surface area contributed by atoms with Crippen LogP contribution >= 0.6 is 0 Å². The summed E-state index contributed by atoms with van der Waals surface area (Å²) in [4.78, 5) is 0. The number of rotatable bonds is 4. The van der Waals surface area contributed by atoms with Gasteiger partial charge in [0, 0.05) is 6.04 Å². The molecule has 14 heavy (non-hydrogen) atoms. The average molecular weight is 243 g/mol. The van der Waals surface area contributed by atoms with Crippen molar-refractivity contribution < 1.29 is 21.9 Å². The summed E-state index contributed by atoms with van der Waals surface area (Å²) in [5.74, 6) is -0.499. The van der Waals surface area contributed by atoms with Crippen LogP contribution in [-0.4, -0.2) is 51.8 Å². The van der Waals surface area contributed by atoms with Crippen LogP contribution in [0, 0.1) is 0 Å². The fourth-order valence-electron chi connectivity index (χ4n) is 1.32. The molecule has 0 aromatic heterocycles. The molecule has 8 heteroatoms. The minimum atomic E-state index is -3.53. The minimum Gasteiger partial charge on any atom is -0.395 e. The van der Waals surface area contributed by atoms with Crippen LogP contribution in [0.15, 0.2) is 0 Å². The fourth-order valence-corrected chi connectivity index (χ4v) is 4.17. The van der Waals surface area contributed by atoms with E-state index in [1.807, 2.05) is 0 Å². The predicted molar refractivity (Wildman–Crippen MR) is 51.1 cm³/mol. The highest BCUT2D eigenvalue weighted by Gasteiger charge is 2.30. The van der Waals surface area contributed by atoms with Crippen LogP contribution in [0.2, 0.25) is 0 Å². The second-order valence-electron chi connectivity index (χ2n) is 3.26. The molecule has 1 rings (SSSR count). The molecular formula is C6H13NO5S2. The number of sulfonamides is 1. The van der Waals surface area contributed by atoms with Crippen molar-refractivity contribution in [2.24, 2.45) is 0 Å². The van der Waals surface area contributed by atoms with E-state index in [0.717, 1.165) is 0 Å². The van der Waals surface area contributed by atoms with Crippen LogP contribution in [0.4, 0.5) is 0 Å². The van der Waals surface area contributed by atoms with Crippen molar-refractivity contribution in [1.82, 2.24) is 4.72 Å². The van der Waals surface area contributed by atoms with Crippen LogP contribution < -0.4 is 4.72 Å². The number of nitrogens with one attached hydrogen (secondary N) is 1. The summed E-state index contributed by atoms with van der Waals surface area (Å²) in [6, 6.07) is -0.531. The maximum Gasteiger partial charge on any atom is 0.214 e. The molecule has 0 saturated carbocycles. The van der Waals surface area contributed by atoms with Crippen molar-refractivity contribution in [3.63, 3.8) is 0 Å². The van der Waals surface area contributed by atoms with Gasteiger partial charge in [-0.15, -0.1) is 0 Å². The maximum absolute atomic E-state index is 11.1. The van der Waals surface area contributed by atoms with Crippen molar-refractivity contribution in [2.75, 3.05) is 23.9 Å². The molecule has 6 nitrogen and oxygen atoms in total. The second-order valence-corrected chi connectivity index (χ2v) is 7.36. The molecule has 1 aliphatic rings. The second kappa shape index (κ2) is 4.13. The predicted octanol–water partition coefficient (Wildman–Crippen LogP) is -1.91. The SMILES string of the molecule is O=S1(=O)CCC(NS(=O)(=O)CCO)C1. The summed E-state index contributed by atoms with van der Waals surface area (Å²) in [5.41, 5.74) is 0. The van der Waals surface area contributed by atoms with E-state index >= 15 is 0 Å². The zero-order valence-corrected chi connectivity index (χ0v) is 9.14. The molecule has 0 amide bonds. The highest BCUT2D eigenvalue weighted by atomic mass is 32.2. The normalized spacial score (nSPS) is 26.5. The molecule has 0 aromatic carbocycles. The van der Waals surface area contributed by atoms with Crippen LogP contribution in [0.1, 0.15) is 6.42 Å². The summed E-state index contributed by atoms with van der Waals surface area (Å²) >= 11 is 0. The van der Waals surface area contributed by atoms with E-state index in [-0.39, 0.29) is 17.3 Å². The Labute approximate surface area is 83.3 Å². The van der Waals surface area contributed by atoms with E-state index in [2.05, 4.69) is 4.72 Å². The summed E-state index contributed by atoms with van der Waals surface area (Å²) < 4.78 is 46.5. The Morgan fingerprint density at radius 2 is 2.07 bits per heavy atom. The third-order valence-corrected chi connectivity index (χ3v) is 5.12. The Balaban J connectivity index is 2.56. The van der Waals surface area contributed by atoms with E-state index in [0.29, 0.717) is 6.42 Å². The van der Waals surface area contributed by atoms with Gasteiger partial charge >= 0.3 is 0 Å². The molecule has 1 saturated heterocycles. The van der Waals surface area contributed by atoms with Gasteiger partial charge in [-0.2, -0.15) is 0 Å². The van der Waals surface area contributed by atoms with Gasteiger partial charge in [0.05, 0.1) is 23.9 Å². The lowest BCUT2D eigenvalue weighted by Crippen LogP contribution is -2.37. The molecule has 0 radical (unpaired) electrons. The van der Waals surface area contributed by atoms with E-state index in [1.165, 1.54) is 0 Å². The first-order chi connectivity index (χ1) is 6.35. The van der Waals surface area contributed by atoms with Gasteiger partial charge in [0.15, 0.2) is 9.84 Å². The van der Waals surface area contributed by atoms with Gasteiger partial charge in [-0.05, 0) is 6.42 Å². The first-order valence-corrected chi connectivity index (χ1v) is 7.63. The molecule has 1 heterocycles. The Hall–Kier alpha value is -0.180. The van der Waals surface area contributed by atoms with Gasteiger partial charge in [0.1, 0.15) is 0 Å². The zero-order valence-electron chi connectivity index (χ0n) is 7.51. The lowest BCUT2D eigenvalue weighted by Gasteiger charge is -2.09. The molecule has 0 spiro atoms. The Kier molecular flexibility index (Phi) is 3.51. The first-order valence-electron chi connectivity index (χ1n) is 4.16. The van der Waals surface area contributed by atoms with Gasteiger partial charge in [-0.1, -0.05) is 0 Å². The van der Waals surface area contributed by atoms with Gasteiger partial charge in [0.25, 0.3) is 0 Å². The molecular weight excluding hydrogens is 230 g/mol.